The summed E-state index contributed by atoms with van der Waals surface area (Å²) in [6.45, 7) is 0.996. The Morgan fingerprint density at radius 1 is 1.43 bits per heavy atom. The van der Waals surface area contributed by atoms with Gasteiger partial charge in [0.25, 0.3) is 0 Å². The molecule has 0 radical (unpaired) electrons. The number of rotatable bonds is 3. The SMILES string of the molecule is COC(=O)[C@H]1CC[C@H](Cn2ccc3ncc(Br)cc32)CC1. The van der Waals surface area contributed by atoms with Crippen LogP contribution in [0.3, 0.4) is 0 Å². The number of hydrogen-bond acceptors (Lipinski definition) is 3. The largest absolute Gasteiger partial charge is 0.469 e. The van der Waals surface area contributed by atoms with E-state index >= 15 is 0 Å². The van der Waals surface area contributed by atoms with E-state index in [0.29, 0.717) is 5.92 Å². The minimum absolute atomic E-state index is 0.0482. The zero-order chi connectivity index (χ0) is 14.8. The number of nitrogens with zero attached hydrogens (tertiary/aromatic N) is 2. The average Bonchev–Trinajstić information content (AvgIpc) is 2.89. The van der Waals surface area contributed by atoms with Crippen molar-refractivity contribution in [1.29, 1.82) is 0 Å². The molecule has 0 amide bonds. The van der Waals surface area contributed by atoms with Crippen LogP contribution < -0.4 is 0 Å². The first kappa shape index (κ1) is 14.6. The third-order valence-corrected chi connectivity index (χ3v) is 4.86. The third-order valence-electron chi connectivity index (χ3n) is 4.42. The van der Waals surface area contributed by atoms with Crippen LogP contribution in [0.5, 0.6) is 0 Å². The van der Waals surface area contributed by atoms with Gasteiger partial charge in [-0.1, -0.05) is 0 Å². The number of pyridine rings is 1. The van der Waals surface area contributed by atoms with Crippen molar-refractivity contribution in [3.8, 4) is 0 Å². The van der Waals surface area contributed by atoms with Crippen molar-refractivity contribution in [2.75, 3.05) is 7.11 Å². The summed E-state index contributed by atoms with van der Waals surface area (Å²) in [5.74, 6) is 0.678. The molecule has 0 saturated heterocycles. The number of esters is 1. The van der Waals surface area contributed by atoms with Crippen molar-refractivity contribution in [3.63, 3.8) is 0 Å². The molecule has 0 aliphatic heterocycles. The number of hydrogen-bond donors (Lipinski definition) is 0. The van der Waals surface area contributed by atoms with Gasteiger partial charge in [0.1, 0.15) is 0 Å². The molecule has 0 bridgehead atoms. The van der Waals surface area contributed by atoms with Crippen LogP contribution in [0.1, 0.15) is 25.7 Å². The maximum absolute atomic E-state index is 11.6. The van der Waals surface area contributed by atoms with Gasteiger partial charge in [0.2, 0.25) is 0 Å². The van der Waals surface area contributed by atoms with Crippen LogP contribution in [0.2, 0.25) is 0 Å². The van der Waals surface area contributed by atoms with Crippen LogP contribution in [0.15, 0.2) is 29.0 Å². The molecule has 1 saturated carbocycles. The van der Waals surface area contributed by atoms with Crippen molar-refractivity contribution < 1.29 is 9.53 Å². The van der Waals surface area contributed by atoms with Gasteiger partial charge in [0, 0.05) is 23.4 Å². The quantitative estimate of drug-likeness (QED) is 0.791. The van der Waals surface area contributed by atoms with Crippen LogP contribution in [-0.2, 0) is 16.1 Å². The Hall–Kier alpha value is -1.36. The smallest absolute Gasteiger partial charge is 0.308 e. The predicted octanol–water partition coefficient (Wildman–Crippen LogP) is 3.78. The number of carbonyl (C=O) groups excluding carboxylic acids is 1. The Morgan fingerprint density at radius 2 is 2.19 bits per heavy atom. The van der Waals surface area contributed by atoms with Gasteiger partial charge in [0.05, 0.1) is 24.1 Å². The second kappa shape index (κ2) is 6.18. The lowest BCUT2D eigenvalue weighted by Crippen LogP contribution is -2.24. The van der Waals surface area contributed by atoms with E-state index in [4.69, 9.17) is 4.74 Å². The fraction of sp³-hybridized carbons (Fsp3) is 0.500. The number of fused-ring (bicyclic) bond motifs is 1. The molecule has 2 aromatic heterocycles. The monoisotopic (exact) mass is 350 g/mol. The van der Waals surface area contributed by atoms with Crippen LogP contribution in [0, 0.1) is 11.8 Å². The first-order valence-corrected chi connectivity index (χ1v) is 8.15. The van der Waals surface area contributed by atoms with E-state index in [1.54, 1.807) is 0 Å². The summed E-state index contributed by atoms with van der Waals surface area (Å²) in [5.41, 5.74) is 2.20. The summed E-state index contributed by atoms with van der Waals surface area (Å²) in [6, 6.07) is 4.17. The highest BCUT2D eigenvalue weighted by molar-refractivity contribution is 9.10. The Bertz CT molecular complexity index is 645. The van der Waals surface area contributed by atoms with E-state index in [-0.39, 0.29) is 11.9 Å². The molecule has 0 N–H and O–H groups in total. The molecule has 21 heavy (non-hydrogen) atoms. The zero-order valence-electron chi connectivity index (χ0n) is 12.1. The normalized spacial score (nSPS) is 22.4. The zero-order valence-corrected chi connectivity index (χ0v) is 13.7. The molecule has 2 heterocycles. The topological polar surface area (TPSA) is 44.1 Å². The number of aromatic nitrogens is 2. The number of halogens is 1. The fourth-order valence-electron chi connectivity index (χ4n) is 3.22. The second-order valence-electron chi connectivity index (χ2n) is 5.77. The van der Waals surface area contributed by atoms with E-state index < -0.39 is 0 Å². The van der Waals surface area contributed by atoms with E-state index in [9.17, 15) is 4.79 Å². The highest BCUT2D eigenvalue weighted by Gasteiger charge is 2.27. The summed E-state index contributed by atoms with van der Waals surface area (Å²) in [5, 5.41) is 0. The number of methoxy groups -OCH3 is 1. The van der Waals surface area contributed by atoms with E-state index in [1.807, 2.05) is 6.20 Å². The highest BCUT2D eigenvalue weighted by Crippen LogP contribution is 2.31. The molecule has 3 rings (SSSR count). The van der Waals surface area contributed by atoms with Gasteiger partial charge in [0.15, 0.2) is 0 Å². The molecular weight excluding hydrogens is 332 g/mol. The minimum atomic E-state index is -0.0482. The van der Waals surface area contributed by atoms with Gasteiger partial charge in [-0.15, -0.1) is 0 Å². The molecule has 4 nitrogen and oxygen atoms in total. The maximum Gasteiger partial charge on any atom is 0.308 e. The Balaban J connectivity index is 1.67. The van der Waals surface area contributed by atoms with Gasteiger partial charge in [-0.05, 0) is 59.7 Å². The van der Waals surface area contributed by atoms with Gasteiger partial charge < -0.3 is 9.30 Å². The summed E-state index contributed by atoms with van der Waals surface area (Å²) in [7, 11) is 1.48. The summed E-state index contributed by atoms with van der Waals surface area (Å²) < 4.78 is 8.12. The Labute approximate surface area is 132 Å². The predicted molar refractivity (Wildman–Crippen MR) is 84.9 cm³/mol. The molecule has 0 spiro atoms. The van der Waals surface area contributed by atoms with Crippen molar-refractivity contribution in [1.82, 2.24) is 9.55 Å². The van der Waals surface area contributed by atoms with Crippen LogP contribution in [0.25, 0.3) is 11.0 Å². The van der Waals surface area contributed by atoms with Crippen molar-refractivity contribution >= 4 is 32.9 Å². The summed E-state index contributed by atoms with van der Waals surface area (Å²) in [4.78, 5) is 16.0. The standard InChI is InChI=1S/C16H19BrN2O2/c1-21-16(20)12-4-2-11(3-5-12)10-19-7-6-14-15(19)8-13(17)9-18-14/h6-9,11-12H,2-5,10H2,1H3/t11-,12-. The Kier molecular flexibility index (Phi) is 4.29. The van der Waals surface area contributed by atoms with Crippen molar-refractivity contribution in [3.05, 3.63) is 29.0 Å². The van der Waals surface area contributed by atoms with Gasteiger partial charge >= 0.3 is 5.97 Å². The lowest BCUT2D eigenvalue weighted by Gasteiger charge is -2.27. The molecule has 0 aromatic carbocycles. The average molecular weight is 351 g/mol. The number of carbonyl (C=O) groups is 1. The third kappa shape index (κ3) is 3.12. The van der Waals surface area contributed by atoms with Crippen molar-refractivity contribution in [2.45, 2.75) is 32.2 Å². The van der Waals surface area contributed by atoms with E-state index in [2.05, 4.69) is 43.8 Å². The highest BCUT2D eigenvalue weighted by atomic mass is 79.9. The first-order chi connectivity index (χ1) is 10.2. The Morgan fingerprint density at radius 3 is 2.90 bits per heavy atom. The van der Waals surface area contributed by atoms with Crippen LogP contribution in [0.4, 0.5) is 0 Å². The van der Waals surface area contributed by atoms with Gasteiger partial charge in [-0.3, -0.25) is 9.78 Å². The lowest BCUT2D eigenvalue weighted by molar-refractivity contribution is -0.146. The van der Waals surface area contributed by atoms with Crippen LogP contribution >= 0.6 is 15.9 Å². The molecule has 1 aliphatic rings. The van der Waals surface area contributed by atoms with E-state index in [0.717, 1.165) is 42.2 Å². The molecule has 1 aliphatic carbocycles. The molecule has 1 fully saturated rings. The molecular formula is C16H19BrN2O2. The molecule has 2 aromatic rings. The lowest BCUT2D eigenvalue weighted by atomic mass is 9.82. The molecule has 0 unspecified atom stereocenters. The molecule has 0 atom stereocenters. The van der Waals surface area contributed by atoms with E-state index in [1.165, 1.54) is 12.6 Å². The molecule has 5 heteroatoms. The maximum atomic E-state index is 11.6. The second-order valence-corrected chi connectivity index (χ2v) is 6.68. The summed E-state index contributed by atoms with van der Waals surface area (Å²) >= 11 is 3.48. The minimum Gasteiger partial charge on any atom is -0.469 e. The van der Waals surface area contributed by atoms with Gasteiger partial charge in [-0.2, -0.15) is 0 Å². The number of ether oxygens (including phenoxy) is 1. The van der Waals surface area contributed by atoms with Crippen LogP contribution in [-0.4, -0.2) is 22.6 Å². The first-order valence-electron chi connectivity index (χ1n) is 7.35. The van der Waals surface area contributed by atoms with Gasteiger partial charge in [-0.25, -0.2) is 0 Å². The van der Waals surface area contributed by atoms with Crippen molar-refractivity contribution in [2.24, 2.45) is 11.8 Å². The molecule has 112 valence electrons. The summed E-state index contributed by atoms with van der Waals surface area (Å²) in [6.07, 6.45) is 7.99. The fourth-order valence-corrected chi connectivity index (χ4v) is 3.54.